The van der Waals surface area contributed by atoms with E-state index < -0.39 is 0 Å². The van der Waals surface area contributed by atoms with Crippen LogP contribution in [0.2, 0.25) is 0 Å². The van der Waals surface area contributed by atoms with Crippen LogP contribution in [0.4, 0.5) is 16.2 Å². The van der Waals surface area contributed by atoms with Crippen LogP contribution < -0.4 is 10.6 Å². The molecule has 0 aliphatic rings. The minimum absolute atomic E-state index is 0.0465. The molecule has 0 unspecified atom stereocenters. The van der Waals surface area contributed by atoms with E-state index in [0.717, 1.165) is 16.8 Å². The van der Waals surface area contributed by atoms with E-state index in [-0.39, 0.29) is 12.6 Å². The van der Waals surface area contributed by atoms with E-state index in [1.807, 2.05) is 31.2 Å². The largest absolute Gasteiger partial charge is 0.392 e. The Morgan fingerprint density at radius 2 is 1.74 bits per heavy atom. The van der Waals surface area contributed by atoms with Gasteiger partial charge in [0.1, 0.15) is 0 Å². The van der Waals surface area contributed by atoms with E-state index in [9.17, 15) is 4.79 Å². The summed E-state index contributed by atoms with van der Waals surface area (Å²) < 4.78 is 0. The number of benzene rings is 2. The Balaban J connectivity index is 1.99. The van der Waals surface area contributed by atoms with Gasteiger partial charge in [0.15, 0.2) is 0 Å². The molecule has 3 N–H and O–H groups in total. The number of rotatable bonds is 3. The van der Waals surface area contributed by atoms with Crippen LogP contribution in [0.3, 0.4) is 0 Å². The van der Waals surface area contributed by atoms with Crippen LogP contribution >= 0.6 is 0 Å². The summed E-state index contributed by atoms with van der Waals surface area (Å²) in [6.07, 6.45) is 0. The highest BCUT2D eigenvalue weighted by Gasteiger charge is 2.02. The molecule has 0 radical (unpaired) electrons. The number of urea groups is 1. The lowest BCUT2D eigenvalue weighted by Crippen LogP contribution is -2.19. The number of nitrogens with one attached hydrogen (secondary N) is 2. The second kappa shape index (κ2) is 6.02. The van der Waals surface area contributed by atoms with Crippen molar-refractivity contribution in [3.63, 3.8) is 0 Å². The van der Waals surface area contributed by atoms with E-state index >= 15 is 0 Å². The van der Waals surface area contributed by atoms with E-state index in [1.165, 1.54) is 0 Å². The summed E-state index contributed by atoms with van der Waals surface area (Å²) in [7, 11) is 0. The van der Waals surface area contributed by atoms with Crippen molar-refractivity contribution in [3.05, 3.63) is 59.7 Å². The summed E-state index contributed by atoms with van der Waals surface area (Å²) in [5.41, 5.74) is 3.28. The van der Waals surface area contributed by atoms with Crippen LogP contribution in [0.1, 0.15) is 11.1 Å². The number of hydrogen-bond acceptors (Lipinski definition) is 2. The third-order valence-corrected chi connectivity index (χ3v) is 2.68. The van der Waals surface area contributed by atoms with Gasteiger partial charge in [0.2, 0.25) is 0 Å². The number of carbonyl (C=O) groups is 1. The molecule has 2 aromatic rings. The zero-order chi connectivity index (χ0) is 13.7. The van der Waals surface area contributed by atoms with Crippen LogP contribution in [0, 0.1) is 6.92 Å². The maximum absolute atomic E-state index is 11.8. The fourth-order valence-electron chi connectivity index (χ4n) is 1.68. The zero-order valence-corrected chi connectivity index (χ0v) is 10.7. The smallest absolute Gasteiger partial charge is 0.323 e. The van der Waals surface area contributed by atoms with Gasteiger partial charge in [-0.15, -0.1) is 0 Å². The van der Waals surface area contributed by atoms with Gasteiger partial charge in [0.05, 0.1) is 6.61 Å². The van der Waals surface area contributed by atoms with Gasteiger partial charge in [-0.2, -0.15) is 0 Å². The average molecular weight is 256 g/mol. The van der Waals surface area contributed by atoms with Gasteiger partial charge in [0.25, 0.3) is 0 Å². The molecule has 19 heavy (non-hydrogen) atoms. The third-order valence-electron chi connectivity index (χ3n) is 2.68. The van der Waals surface area contributed by atoms with E-state index in [1.54, 1.807) is 24.3 Å². The molecular weight excluding hydrogens is 240 g/mol. The molecule has 4 heteroatoms. The van der Waals surface area contributed by atoms with Crippen LogP contribution in [-0.2, 0) is 6.61 Å². The lowest BCUT2D eigenvalue weighted by molar-refractivity contribution is 0.262. The first-order chi connectivity index (χ1) is 9.17. The molecule has 4 nitrogen and oxygen atoms in total. The van der Waals surface area contributed by atoms with Gasteiger partial charge in [-0.25, -0.2) is 4.79 Å². The van der Waals surface area contributed by atoms with Gasteiger partial charge in [0, 0.05) is 11.4 Å². The molecule has 0 saturated carbocycles. The van der Waals surface area contributed by atoms with Crippen molar-refractivity contribution < 1.29 is 9.90 Å². The Bertz CT molecular complexity index is 565. The van der Waals surface area contributed by atoms with Crippen LogP contribution in [-0.4, -0.2) is 11.1 Å². The van der Waals surface area contributed by atoms with Crippen molar-refractivity contribution in [2.75, 3.05) is 10.6 Å². The zero-order valence-electron chi connectivity index (χ0n) is 10.7. The molecule has 0 aliphatic heterocycles. The van der Waals surface area contributed by atoms with Crippen LogP contribution in [0.25, 0.3) is 0 Å². The quantitative estimate of drug-likeness (QED) is 0.790. The number of carbonyl (C=O) groups excluding carboxylic acids is 1. The molecule has 2 aromatic carbocycles. The van der Waals surface area contributed by atoms with Gasteiger partial charge in [-0.1, -0.05) is 29.8 Å². The second-order valence-electron chi connectivity index (χ2n) is 4.30. The minimum atomic E-state index is -0.307. The van der Waals surface area contributed by atoms with Crippen molar-refractivity contribution in [1.82, 2.24) is 0 Å². The third kappa shape index (κ3) is 3.82. The summed E-state index contributed by atoms with van der Waals surface area (Å²) in [4.78, 5) is 11.8. The van der Waals surface area contributed by atoms with Gasteiger partial charge < -0.3 is 15.7 Å². The minimum Gasteiger partial charge on any atom is -0.392 e. The Labute approximate surface area is 112 Å². The van der Waals surface area contributed by atoms with Crippen LogP contribution in [0.5, 0.6) is 0 Å². The number of aryl methyl sites for hydroxylation is 1. The van der Waals surface area contributed by atoms with Gasteiger partial charge in [-0.05, 0) is 36.8 Å². The molecular formula is C15H16N2O2. The average Bonchev–Trinajstić information content (AvgIpc) is 2.41. The Kier molecular flexibility index (Phi) is 4.15. The highest BCUT2D eigenvalue weighted by Crippen LogP contribution is 2.12. The summed E-state index contributed by atoms with van der Waals surface area (Å²) in [5, 5.41) is 14.5. The molecule has 2 rings (SSSR count). The molecule has 0 bridgehead atoms. The van der Waals surface area contributed by atoms with Crippen molar-refractivity contribution in [1.29, 1.82) is 0 Å². The maximum Gasteiger partial charge on any atom is 0.323 e. The van der Waals surface area contributed by atoms with Crippen molar-refractivity contribution in [3.8, 4) is 0 Å². The highest BCUT2D eigenvalue weighted by atomic mass is 16.3. The fourth-order valence-corrected chi connectivity index (χ4v) is 1.68. The number of anilines is 2. The predicted octanol–water partition coefficient (Wildman–Crippen LogP) is 3.13. The lowest BCUT2D eigenvalue weighted by Gasteiger charge is -2.08. The predicted molar refractivity (Wildman–Crippen MR) is 76.2 cm³/mol. The molecule has 0 heterocycles. The standard InChI is InChI=1S/C15H16N2O2/c1-11-5-7-13(8-6-11)16-15(19)17-14-4-2-3-12(9-14)10-18/h2-9,18H,10H2,1H3,(H2,16,17,19). The Morgan fingerprint density at radius 3 is 2.42 bits per heavy atom. The fraction of sp³-hybridized carbons (Fsp3) is 0.133. The summed E-state index contributed by atoms with van der Waals surface area (Å²) >= 11 is 0. The first-order valence-corrected chi connectivity index (χ1v) is 6.02. The molecule has 0 fully saturated rings. The number of hydrogen-bond donors (Lipinski definition) is 3. The van der Waals surface area contributed by atoms with Crippen molar-refractivity contribution in [2.24, 2.45) is 0 Å². The summed E-state index contributed by atoms with van der Waals surface area (Å²) in [6.45, 7) is 1.94. The molecule has 98 valence electrons. The molecule has 0 aliphatic carbocycles. The highest BCUT2D eigenvalue weighted by molar-refractivity contribution is 5.99. The van der Waals surface area contributed by atoms with Gasteiger partial charge >= 0.3 is 6.03 Å². The second-order valence-corrected chi connectivity index (χ2v) is 4.30. The van der Waals surface area contributed by atoms with Gasteiger partial charge in [-0.3, -0.25) is 0 Å². The first-order valence-electron chi connectivity index (χ1n) is 6.02. The monoisotopic (exact) mass is 256 g/mol. The Hall–Kier alpha value is -2.33. The number of aliphatic hydroxyl groups excluding tert-OH is 1. The number of amides is 2. The SMILES string of the molecule is Cc1ccc(NC(=O)Nc2cccc(CO)c2)cc1. The molecule has 0 saturated heterocycles. The number of aliphatic hydroxyl groups is 1. The topological polar surface area (TPSA) is 61.4 Å². The summed E-state index contributed by atoms with van der Waals surface area (Å²) in [5.74, 6) is 0. The molecule has 0 aromatic heterocycles. The molecule has 2 amide bonds. The van der Waals surface area contributed by atoms with E-state index in [0.29, 0.717) is 5.69 Å². The normalized spacial score (nSPS) is 10.0. The van der Waals surface area contributed by atoms with Crippen LogP contribution in [0.15, 0.2) is 48.5 Å². The van der Waals surface area contributed by atoms with Crippen molar-refractivity contribution >= 4 is 17.4 Å². The van der Waals surface area contributed by atoms with Crippen molar-refractivity contribution in [2.45, 2.75) is 13.5 Å². The lowest BCUT2D eigenvalue weighted by atomic mass is 10.2. The van der Waals surface area contributed by atoms with E-state index in [2.05, 4.69) is 10.6 Å². The van der Waals surface area contributed by atoms with E-state index in [4.69, 9.17) is 5.11 Å². The Morgan fingerprint density at radius 1 is 1.05 bits per heavy atom. The first kappa shape index (κ1) is 13.1. The molecule has 0 atom stereocenters. The molecule has 0 spiro atoms. The maximum atomic E-state index is 11.8. The summed E-state index contributed by atoms with van der Waals surface area (Å²) in [6, 6.07) is 14.3.